The first kappa shape index (κ1) is 23.2. The van der Waals surface area contributed by atoms with E-state index in [0.29, 0.717) is 6.42 Å². The summed E-state index contributed by atoms with van der Waals surface area (Å²) in [6.45, 7) is 0. The zero-order valence-electron chi connectivity index (χ0n) is 18.0. The SMILES string of the molecule is Oc1cc(O)cc(C=Cc2ccccc2)c1.Oc1cc(O)cc(CC=Cc2ccccc2)c1. The van der Waals surface area contributed by atoms with Gasteiger partial charge in [-0.25, -0.2) is 0 Å². The highest BCUT2D eigenvalue weighted by Crippen LogP contribution is 2.22. The summed E-state index contributed by atoms with van der Waals surface area (Å²) < 4.78 is 0. The van der Waals surface area contributed by atoms with Crippen molar-refractivity contribution in [3.63, 3.8) is 0 Å². The second-order valence-electron chi connectivity index (χ2n) is 7.40. The summed E-state index contributed by atoms with van der Waals surface area (Å²) in [5, 5.41) is 37.2. The monoisotopic (exact) mass is 438 g/mol. The van der Waals surface area contributed by atoms with E-state index in [2.05, 4.69) is 0 Å². The van der Waals surface area contributed by atoms with Crippen LogP contribution in [0.5, 0.6) is 23.0 Å². The molecule has 4 aromatic carbocycles. The number of rotatable bonds is 5. The summed E-state index contributed by atoms with van der Waals surface area (Å²) in [7, 11) is 0. The molecule has 0 atom stereocenters. The third kappa shape index (κ3) is 8.31. The molecule has 0 radical (unpaired) electrons. The van der Waals surface area contributed by atoms with Gasteiger partial charge in [0.2, 0.25) is 0 Å². The molecule has 4 heteroatoms. The summed E-state index contributed by atoms with van der Waals surface area (Å²) in [5.41, 5.74) is 3.86. The fourth-order valence-electron chi connectivity index (χ4n) is 3.14. The highest BCUT2D eigenvalue weighted by atomic mass is 16.3. The summed E-state index contributed by atoms with van der Waals surface area (Å²) in [5.74, 6) is 0.307. The molecule has 0 aliphatic carbocycles. The molecule has 4 rings (SSSR count). The van der Waals surface area contributed by atoms with Crippen LogP contribution >= 0.6 is 0 Å². The lowest BCUT2D eigenvalue weighted by Gasteiger charge is -2.00. The number of allylic oxidation sites excluding steroid dienone is 1. The molecule has 0 bridgehead atoms. The largest absolute Gasteiger partial charge is 0.508 e. The van der Waals surface area contributed by atoms with Crippen LogP contribution in [0.2, 0.25) is 0 Å². The molecule has 33 heavy (non-hydrogen) atoms. The number of phenols is 4. The van der Waals surface area contributed by atoms with Gasteiger partial charge in [-0.05, 0) is 52.9 Å². The molecule has 4 nitrogen and oxygen atoms in total. The highest BCUT2D eigenvalue weighted by molar-refractivity contribution is 5.70. The zero-order chi connectivity index (χ0) is 23.5. The van der Waals surface area contributed by atoms with Crippen molar-refractivity contribution in [3.8, 4) is 23.0 Å². The number of aromatic hydroxyl groups is 4. The van der Waals surface area contributed by atoms with Gasteiger partial charge in [-0.1, -0.05) is 85.0 Å². The van der Waals surface area contributed by atoms with Crippen LogP contribution in [0.3, 0.4) is 0 Å². The quantitative estimate of drug-likeness (QED) is 0.264. The highest BCUT2D eigenvalue weighted by Gasteiger charge is 1.97. The number of phenolic OH excluding ortho intramolecular Hbond substituents is 4. The molecule has 0 unspecified atom stereocenters. The van der Waals surface area contributed by atoms with Crippen LogP contribution in [-0.4, -0.2) is 20.4 Å². The van der Waals surface area contributed by atoms with E-state index in [1.54, 1.807) is 24.3 Å². The van der Waals surface area contributed by atoms with E-state index in [1.807, 2.05) is 85.0 Å². The van der Waals surface area contributed by atoms with Crippen LogP contribution in [0.4, 0.5) is 0 Å². The van der Waals surface area contributed by atoms with Crippen LogP contribution in [0.1, 0.15) is 22.3 Å². The van der Waals surface area contributed by atoms with E-state index >= 15 is 0 Å². The fourth-order valence-corrected chi connectivity index (χ4v) is 3.14. The second kappa shape index (κ2) is 11.8. The number of hydrogen-bond acceptors (Lipinski definition) is 4. The Labute approximate surface area is 193 Å². The van der Waals surface area contributed by atoms with Crippen molar-refractivity contribution in [2.75, 3.05) is 0 Å². The lowest BCUT2D eigenvalue weighted by atomic mass is 10.1. The molecule has 0 aromatic heterocycles. The first-order valence-electron chi connectivity index (χ1n) is 10.5. The van der Waals surface area contributed by atoms with Gasteiger partial charge < -0.3 is 20.4 Å². The summed E-state index contributed by atoms with van der Waals surface area (Å²) in [6.07, 6.45) is 8.46. The molecular weight excluding hydrogens is 412 g/mol. The average Bonchev–Trinajstić information content (AvgIpc) is 2.78. The first-order chi connectivity index (χ1) is 16.0. The van der Waals surface area contributed by atoms with E-state index in [-0.39, 0.29) is 23.0 Å². The molecule has 0 fully saturated rings. The van der Waals surface area contributed by atoms with Crippen molar-refractivity contribution in [3.05, 3.63) is 125 Å². The van der Waals surface area contributed by atoms with Crippen molar-refractivity contribution in [1.82, 2.24) is 0 Å². The van der Waals surface area contributed by atoms with Crippen LogP contribution in [0.25, 0.3) is 18.2 Å². The van der Waals surface area contributed by atoms with Crippen LogP contribution in [0, 0.1) is 0 Å². The summed E-state index contributed by atoms with van der Waals surface area (Å²) in [4.78, 5) is 0. The Morgan fingerprint density at radius 3 is 1.39 bits per heavy atom. The minimum Gasteiger partial charge on any atom is -0.508 e. The lowest BCUT2D eigenvalue weighted by Crippen LogP contribution is -1.80. The van der Waals surface area contributed by atoms with Gasteiger partial charge in [-0.15, -0.1) is 0 Å². The maximum Gasteiger partial charge on any atom is 0.119 e. The van der Waals surface area contributed by atoms with E-state index < -0.39 is 0 Å². The average molecular weight is 439 g/mol. The molecule has 0 heterocycles. The molecule has 0 saturated carbocycles. The van der Waals surface area contributed by atoms with Gasteiger partial charge in [0, 0.05) is 12.1 Å². The minimum absolute atomic E-state index is 0.0627. The molecule has 0 aliphatic heterocycles. The Kier molecular flexibility index (Phi) is 8.32. The number of benzene rings is 4. The molecule has 0 saturated heterocycles. The first-order valence-corrected chi connectivity index (χ1v) is 10.5. The predicted octanol–water partition coefficient (Wildman–Crippen LogP) is 6.62. The van der Waals surface area contributed by atoms with E-state index in [4.69, 9.17) is 0 Å². The summed E-state index contributed by atoms with van der Waals surface area (Å²) >= 11 is 0. The Morgan fingerprint density at radius 2 is 0.879 bits per heavy atom. The third-order valence-electron chi connectivity index (χ3n) is 4.62. The smallest absolute Gasteiger partial charge is 0.119 e. The predicted molar refractivity (Wildman–Crippen MR) is 134 cm³/mol. The van der Waals surface area contributed by atoms with Gasteiger partial charge in [0.05, 0.1) is 0 Å². The Hall–Kier alpha value is -4.44. The molecule has 0 spiro atoms. The van der Waals surface area contributed by atoms with Crippen molar-refractivity contribution >= 4 is 18.2 Å². The molecule has 4 N–H and O–H groups in total. The fraction of sp³-hybridized carbons (Fsp3) is 0.0345. The van der Waals surface area contributed by atoms with Crippen molar-refractivity contribution in [1.29, 1.82) is 0 Å². The van der Waals surface area contributed by atoms with E-state index in [9.17, 15) is 20.4 Å². The molecule has 0 aliphatic rings. The Morgan fingerprint density at radius 1 is 0.455 bits per heavy atom. The Balaban J connectivity index is 0.000000186. The third-order valence-corrected chi connectivity index (χ3v) is 4.62. The van der Waals surface area contributed by atoms with Crippen molar-refractivity contribution in [2.45, 2.75) is 6.42 Å². The van der Waals surface area contributed by atoms with Crippen molar-refractivity contribution in [2.24, 2.45) is 0 Å². The van der Waals surface area contributed by atoms with Gasteiger partial charge in [0.25, 0.3) is 0 Å². The molecule has 0 amide bonds. The van der Waals surface area contributed by atoms with Crippen LogP contribution in [-0.2, 0) is 6.42 Å². The normalized spacial score (nSPS) is 10.8. The zero-order valence-corrected chi connectivity index (χ0v) is 18.0. The topological polar surface area (TPSA) is 80.9 Å². The van der Waals surface area contributed by atoms with Crippen LogP contribution in [0.15, 0.2) is 103 Å². The molecular formula is C29H26O4. The lowest BCUT2D eigenvalue weighted by molar-refractivity contribution is 0.449. The molecule has 166 valence electrons. The maximum absolute atomic E-state index is 9.33. The van der Waals surface area contributed by atoms with Gasteiger partial charge in [-0.2, -0.15) is 0 Å². The van der Waals surface area contributed by atoms with E-state index in [0.717, 1.165) is 22.3 Å². The standard InChI is InChI=1S/C15H14O2.C14H12O2/c16-14-9-13(10-15(17)11-14)8-4-7-12-5-2-1-3-6-12;15-13-8-12(9-14(16)10-13)7-6-11-4-2-1-3-5-11/h1-7,9-11,16-17H,8H2;1-10,15-16H. The van der Waals surface area contributed by atoms with Gasteiger partial charge >= 0.3 is 0 Å². The van der Waals surface area contributed by atoms with Gasteiger partial charge in [0.15, 0.2) is 0 Å². The Bertz CT molecular complexity index is 1170. The minimum atomic E-state index is 0.0627. The molecule has 4 aromatic rings. The van der Waals surface area contributed by atoms with Gasteiger partial charge in [-0.3, -0.25) is 0 Å². The van der Waals surface area contributed by atoms with E-state index in [1.165, 1.54) is 12.1 Å². The maximum atomic E-state index is 9.33. The van der Waals surface area contributed by atoms with Crippen molar-refractivity contribution < 1.29 is 20.4 Å². The van der Waals surface area contributed by atoms with Gasteiger partial charge in [0.1, 0.15) is 23.0 Å². The second-order valence-corrected chi connectivity index (χ2v) is 7.40. The number of hydrogen-bond donors (Lipinski definition) is 4. The summed E-state index contributed by atoms with van der Waals surface area (Å²) in [6, 6.07) is 29.0. The van der Waals surface area contributed by atoms with Crippen LogP contribution < -0.4 is 0 Å².